The van der Waals surface area contributed by atoms with E-state index in [1.54, 1.807) is 33.8 Å². The summed E-state index contributed by atoms with van der Waals surface area (Å²) >= 11 is 0. The third-order valence-electron chi connectivity index (χ3n) is 3.60. The molecule has 1 atom stereocenters. The van der Waals surface area contributed by atoms with Crippen LogP contribution >= 0.6 is 0 Å². The Hall–Kier alpha value is -3.04. The highest BCUT2D eigenvalue weighted by Gasteiger charge is 2.28. The van der Waals surface area contributed by atoms with E-state index in [4.69, 9.17) is 5.73 Å². The Morgan fingerprint density at radius 1 is 1.28 bits per heavy atom. The zero-order valence-electron chi connectivity index (χ0n) is 16.6. The molecule has 1 aromatic heterocycles. The van der Waals surface area contributed by atoms with Crippen molar-refractivity contribution in [2.24, 2.45) is 11.7 Å². The van der Waals surface area contributed by atoms with E-state index in [9.17, 15) is 22.8 Å². The molecule has 0 spiro atoms. The van der Waals surface area contributed by atoms with E-state index in [-0.39, 0.29) is 29.1 Å². The summed E-state index contributed by atoms with van der Waals surface area (Å²) in [6.07, 6.45) is -1.65. The van der Waals surface area contributed by atoms with Gasteiger partial charge < -0.3 is 21.1 Å². The van der Waals surface area contributed by atoms with Crippen molar-refractivity contribution in [3.8, 4) is 5.88 Å². The summed E-state index contributed by atoms with van der Waals surface area (Å²) in [6.45, 7) is 5.19. The summed E-state index contributed by atoms with van der Waals surface area (Å²) in [5, 5.41) is 5.14. The quantitative estimate of drug-likeness (QED) is 0.448. The van der Waals surface area contributed by atoms with Crippen molar-refractivity contribution >= 4 is 11.8 Å². The van der Waals surface area contributed by atoms with Crippen molar-refractivity contribution in [3.63, 3.8) is 0 Å². The van der Waals surface area contributed by atoms with Gasteiger partial charge in [0, 0.05) is 17.6 Å². The van der Waals surface area contributed by atoms with Crippen molar-refractivity contribution in [1.29, 1.82) is 0 Å². The van der Waals surface area contributed by atoms with Crippen molar-refractivity contribution in [1.82, 2.24) is 15.6 Å². The summed E-state index contributed by atoms with van der Waals surface area (Å²) in [7, 11) is 0. The number of aromatic nitrogens is 1. The van der Waals surface area contributed by atoms with Crippen molar-refractivity contribution in [2.75, 3.05) is 6.61 Å². The Morgan fingerprint density at radius 2 is 1.93 bits per heavy atom. The fraction of sp³-hybridized carbons (Fsp3) is 0.421. The second kappa shape index (κ2) is 10.5. The number of nitrogens with zero attached hydrogens (tertiary/aromatic N) is 1. The molecule has 0 aromatic carbocycles. The number of allylic oxidation sites excluding steroid dienone is 1. The largest absolute Gasteiger partial charge is 0.468 e. The van der Waals surface area contributed by atoms with Gasteiger partial charge in [0.05, 0.1) is 11.7 Å². The molecule has 1 heterocycles. The average molecular weight is 414 g/mol. The van der Waals surface area contributed by atoms with Crippen LogP contribution in [0.25, 0.3) is 0 Å². The Kier molecular flexibility index (Phi) is 8.68. The molecular weight excluding hydrogens is 389 g/mol. The minimum Gasteiger partial charge on any atom is -0.468 e. The summed E-state index contributed by atoms with van der Waals surface area (Å²) in [5.41, 5.74) is 6.26. The van der Waals surface area contributed by atoms with Gasteiger partial charge in [-0.3, -0.25) is 9.59 Å². The predicted octanol–water partition coefficient (Wildman–Crippen LogP) is 2.72. The number of amides is 2. The normalized spacial score (nSPS) is 13.8. The molecule has 160 valence electrons. The molecule has 4 N–H and O–H groups in total. The summed E-state index contributed by atoms with van der Waals surface area (Å²) < 4.78 is 41.4. The van der Waals surface area contributed by atoms with Crippen LogP contribution in [0.15, 0.2) is 41.7 Å². The van der Waals surface area contributed by atoms with Crippen LogP contribution in [0.5, 0.6) is 5.88 Å². The number of nitrogens with one attached hydrogen (secondary N) is 2. The third kappa shape index (κ3) is 8.67. The Morgan fingerprint density at radius 3 is 2.48 bits per heavy atom. The topological polar surface area (TPSA) is 106 Å². The van der Waals surface area contributed by atoms with Gasteiger partial charge in [-0.05, 0) is 26.0 Å². The molecular formula is C19H25F3N4O3. The maximum Gasteiger partial charge on any atom is 0.422 e. The molecule has 10 heteroatoms. The summed E-state index contributed by atoms with van der Waals surface area (Å²) in [5.74, 6) is -1.25. The monoisotopic (exact) mass is 414 g/mol. The standard InChI is InChI=1S/C19H25F3N4O3/c1-5-13(9-15(23)26-17(27)11(2)3)18(28)24-12(4)14-7-6-8-16(25-14)29-10-19(20,21)22/h5-9,11-12H,10,23H2,1-4H3,(H,24,28)(H,26,27)/b13-5+,15-9+. The minimum absolute atomic E-state index is 0.0141. The van der Waals surface area contributed by atoms with Gasteiger partial charge in [0.2, 0.25) is 11.8 Å². The second-order valence-corrected chi connectivity index (χ2v) is 6.49. The van der Waals surface area contributed by atoms with Gasteiger partial charge in [-0.1, -0.05) is 26.0 Å². The number of halogens is 3. The van der Waals surface area contributed by atoms with Gasteiger partial charge >= 0.3 is 6.18 Å². The van der Waals surface area contributed by atoms with Crippen molar-refractivity contribution in [2.45, 2.75) is 39.9 Å². The molecule has 7 nitrogen and oxygen atoms in total. The molecule has 0 radical (unpaired) electrons. The number of alkyl halides is 3. The first-order valence-corrected chi connectivity index (χ1v) is 8.84. The molecule has 0 saturated carbocycles. The number of hydrogen-bond donors (Lipinski definition) is 3. The van der Waals surface area contributed by atoms with Gasteiger partial charge in [0.25, 0.3) is 5.91 Å². The SMILES string of the molecule is C/C=C(\C=C(/N)NC(=O)C(C)C)C(=O)NC(C)c1cccc(OCC(F)(F)F)n1. The summed E-state index contributed by atoms with van der Waals surface area (Å²) in [6, 6.07) is 3.70. The molecule has 0 bridgehead atoms. The molecule has 1 aromatic rings. The van der Waals surface area contributed by atoms with Crippen LogP contribution in [0, 0.1) is 5.92 Å². The highest BCUT2D eigenvalue weighted by Crippen LogP contribution is 2.19. The Labute approximate surface area is 167 Å². The lowest BCUT2D eigenvalue weighted by molar-refractivity contribution is -0.154. The lowest BCUT2D eigenvalue weighted by atomic mass is 10.1. The predicted molar refractivity (Wildman–Crippen MR) is 101 cm³/mol. The van der Waals surface area contributed by atoms with E-state index in [1.165, 1.54) is 24.3 Å². The lowest BCUT2D eigenvalue weighted by Crippen LogP contribution is -2.32. The maximum absolute atomic E-state index is 12.5. The van der Waals surface area contributed by atoms with Gasteiger partial charge in [-0.25, -0.2) is 4.98 Å². The van der Waals surface area contributed by atoms with Crippen LogP contribution in [-0.4, -0.2) is 29.6 Å². The molecule has 0 saturated heterocycles. The summed E-state index contributed by atoms with van der Waals surface area (Å²) in [4.78, 5) is 28.1. The van der Waals surface area contributed by atoms with Crippen LogP contribution in [0.1, 0.15) is 39.4 Å². The second-order valence-electron chi connectivity index (χ2n) is 6.49. The van der Waals surface area contributed by atoms with Crippen LogP contribution < -0.4 is 21.1 Å². The first-order valence-electron chi connectivity index (χ1n) is 8.84. The van der Waals surface area contributed by atoms with E-state index in [2.05, 4.69) is 20.4 Å². The average Bonchev–Trinajstić information content (AvgIpc) is 2.63. The van der Waals surface area contributed by atoms with E-state index < -0.39 is 24.7 Å². The molecule has 0 aliphatic heterocycles. The van der Waals surface area contributed by atoms with Crippen LogP contribution in [0.3, 0.4) is 0 Å². The smallest absolute Gasteiger partial charge is 0.422 e. The van der Waals surface area contributed by atoms with Gasteiger partial charge in [0.1, 0.15) is 5.82 Å². The molecule has 0 fully saturated rings. The molecule has 1 unspecified atom stereocenters. The number of ether oxygens (including phenoxy) is 1. The highest BCUT2D eigenvalue weighted by atomic mass is 19.4. The Balaban J connectivity index is 2.80. The molecule has 2 amide bonds. The first kappa shape index (κ1) is 24.0. The van der Waals surface area contributed by atoms with E-state index in [0.717, 1.165) is 0 Å². The number of nitrogens with two attached hydrogens (primary N) is 1. The third-order valence-corrected chi connectivity index (χ3v) is 3.60. The number of pyridine rings is 1. The van der Waals surface area contributed by atoms with Gasteiger partial charge in [-0.15, -0.1) is 0 Å². The zero-order valence-corrected chi connectivity index (χ0v) is 16.6. The van der Waals surface area contributed by atoms with Crippen molar-refractivity contribution in [3.05, 3.63) is 47.4 Å². The van der Waals surface area contributed by atoms with Crippen LogP contribution in [0.2, 0.25) is 0 Å². The molecule has 1 rings (SSSR count). The first-order chi connectivity index (χ1) is 13.4. The van der Waals surface area contributed by atoms with Gasteiger partial charge in [-0.2, -0.15) is 13.2 Å². The lowest BCUT2D eigenvalue weighted by Gasteiger charge is -2.16. The number of carbonyl (C=O) groups is 2. The fourth-order valence-corrected chi connectivity index (χ4v) is 2.03. The molecule has 0 aliphatic rings. The number of hydrogen-bond acceptors (Lipinski definition) is 5. The molecule has 0 aliphatic carbocycles. The van der Waals surface area contributed by atoms with E-state index in [1.807, 2.05) is 0 Å². The van der Waals surface area contributed by atoms with E-state index in [0.29, 0.717) is 5.69 Å². The van der Waals surface area contributed by atoms with Crippen LogP contribution in [0.4, 0.5) is 13.2 Å². The molecule has 29 heavy (non-hydrogen) atoms. The van der Waals surface area contributed by atoms with Gasteiger partial charge in [0.15, 0.2) is 6.61 Å². The van der Waals surface area contributed by atoms with Crippen LogP contribution in [-0.2, 0) is 9.59 Å². The van der Waals surface area contributed by atoms with E-state index >= 15 is 0 Å². The Bertz CT molecular complexity index is 789. The zero-order chi connectivity index (χ0) is 22.2. The van der Waals surface area contributed by atoms with Crippen molar-refractivity contribution < 1.29 is 27.5 Å². The maximum atomic E-state index is 12.5. The highest BCUT2D eigenvalue weighted by molar-refractivity contribution is 5.96. The number of rotatable bonds is 8. The number of carbonyl (C=O) groups excluding carboxylic acids is 2. The fourth-order valence-electron chi connectivity index (χ4n) is 2.03. The minimum atomic E-state index is -4.48.